The second-order valence-corrected chi connectivity index (χ2v) is 6.15. The molecule has 2 N–H and O–H groups in total. The molecular formula is C17H19ClN4O. The van der Waals surface area contributed by atoms with Gasteiger partial charge in [-0.25, -0.2) is 9.97 Å². The van der Waals surface area contributed by atoms with Crippen molar-refractivity contribution in [3.05, 3.63) is 46.9 Å². The summed E-state index contributed by atoms with van der Waals surface area (Å²) in [6.07, 6.45) is 4.43. The van der Waals surface area contributed by atoms with Crippen molar-refractivity contribution in [3.8, 4) is 0 Å². The zero-order valence-electron chi connectivity index (χ0n) is 13.0. The van der Waals surface area contributed by atoms with Gasteiger partial charge in [0.15, 0.2) is 0 Å². The molecule has 5 nitrogen and oxygen atoms in total. The van der Waals surface area contributed by atoms with E-state index in [-0.39, 0.29) is 11.9 Å². The SMILES string of the molecule is Cc1nc(Nc2ccccc2Cl)cc(C(=O)NC2CCCC2)n1. The first-order valence-corrected chi connectivity index (χ1v) is 8.18. The van der Waals surface area contributed by atoms with Gasteiger partial charge in [0.2, 0.25) is 0 Å². The minimum atomic E-state index is -0.149. The van der Waals surface area contributed by atoms with E-state index in [4.69, 9.17) is 11.6 Å². The second-order valence-electron chi connectivity index (χ2n) is 5.75. The lowest BCUT2D eigenvalue weighted by Crippen LogP contribution is -2.33. The van der Waals surface area contributed by atoms with Gasteiger partial charge in [-0.2, -0.15) is 0 Å². The summed E-state index contributed by atoms with van der Waals surface area (Å²) in [5.74, 6) is 0.949. The van der Waals surface area contributed by atoms with Crippen LogP contribution in [0.5, 0.6) is 0 Å². The smallest absolute Gasteiger partial charge is 0.270 e. The third-order valence-electron chi connectivity index (χ3n) is 3.90. The summed E-state index contributed by atoms with van der Waals surface area (Å²) in [4.78, 5) is 20.9. The lowest BCUT2D eigenvalue weighted by atomic mass is 10.2. The zero-order chi connectivity index (χ0) is 16.2. The minimum Gasteiger partial charge on any atom is -0.348 e. The van der Waals surface area contributed by atoms with E-state index in [2.05, 4.69) is 20.6 Å². The maximum atomic E-state index is 12.4. The molecule has 0 bridgehead atoms. The normalized spacial score (nSPS) is 14.7. The van der Waals surface area contributed by atoms with Crippen LogP contribution >= 0.6 is 11.6 Å². The standard InChI is InChI=1S/C17H19ClN4O/c1-11-19-15(17(23)21-12-6-2-3-7-12)10-16(20-11)22-14-9-5-4-8-13(14)18/h4-5,8-10,12H,2-3,6-7H2,1H3,(H,21,23)(H,19,20,22). The maximum absolute atomic E-state index is 12.4. The summed E-state index contributed by atoms with van der Waals surface area (Å²) >= 11 is 6.14. The molecule has 1 fully saturated rings. The number of aryl methyl sites for hydroxylation is 1. The predicted molar refractivity (Wildman–Crippen MR) is 91.2 cm³/mol. The molecule has 23 heavy (non-hydrogen) atoms. The fraction of sp³-hybridized carbons (Fsp3) is 0.353. The fourth-order valence-electron chi connectivity index (χ4n) is 2.78. The second kappa shape index (κ2) is 6.96. The molecule has 1 aromatic carbocycles. The molecule has 0 saturated heterocycles. The van der Waals surface area contributed by atoms with Gasteiger partial charge in [0.25, 0.3) is 5.91 Å². The van der Waals surface area contributed by atoms with Crippen LogP contribution in [0.15, 0.2) is 30.3 Å². The molecule has 3 rings (SSSR count). The Bertz CT molecular complexity index is 713. The third-order valence-corrected chi connectivity index (χ3v) is 4.23. The average molecular weight is 331 g/mol. The summed E-state index contributed by atoms with van der Waals surface area (Å²) in [5, 5.41) is 6.78. The Morgan fingerprint density at radius 3 is 2.70 bits per heavy atom. The highest BCUT2D eigenvalue weighted by atomic mass is 35.5. The van der Waals surface area contributed by atoms with Crippen molar-refractivity contribution in [1.29, 1.82) is 0 Å². The van der Waals surface area contributed by atoms with Crippen molar-refractivity contribution in [3.63, 3.8) is 0 Å². The van der Waals surface area contributed by atoms with Crippen molar-refractivity contribution in [2.75, 3.05) is 5.32 Å². The highest BCUT2D eigenvalue weighted by Gasteiger charge is 2.19. The first-order chi connectivity index (χ1) is 11.1. The number of amides is 1. The van der Waals surface area contributed by atoms with Crippen molar-refractivity contribution < 1.29 is 4.79 Å². The Kier molecular flexibility index (Phi) is 4.76. The van der Waals surface area contributed by atoms with E-state index in [1.807, 2.05) is 18.2 Å². The first kappa shape index (κ1) is 15.7. The number of benzene rings is 1. The molecule has 6 heteroatoms. The van der Waals surface area contributed by atoms with Crippen molar-refractivity contribution >= 4 is 29.0 Å². The van der Waals surface area contributed by atoms with Crippen LogP contribution in [0, 0.1) is 6.92 Å². The molecule has 0 aliphatic heterocycles. The molecule has 0 spiro atoms. The van der Waals surface area contributed by atoms with Gasteiger partial charge in [-0.05, 0) is 31.9 Å². The van der Waals surface area contributed by atoms with Gasteiger partial charge < -0.3 is 10.6 Å². The van der Waals surface area contributed by atoms with E-state index < -0.39 is 0 Å². The highest BCUT2D eigenvalue weighted by Crippen LogP contribution is 2.24. The monoisotopic (exact) mass is 330 g/mol. The van der Waals surface area contributed by atoms with Gasteiger partial charge in [-0.15, -0.1) is 0 Å². The summed E-state index contributed by atoms with van der Waals surface area (Å²) < 4.78 is 0. The van der Waals surface area contributed by atoms with Gasteiger partial charge in [-0.1, -0.05) is 36.6 Å². The summed E-state index contributed by atoms with van der Waals surface area (Å²) in [7, 11) is 0. The number of nitrogens with one attached hydrogen (secondary N) is 2. The van der Waals surface area contributed by atoms with Crippen LogP contribution in [-0.2, 0) is 0 Å². The van der Waals surface area contributed by atoms with Crippen LogP contribution in [0.2, 0.25) is 5.02 Å². The zero-order valence-corrected chi connectivity index (χ0v) is 13.7. The molecule has 1 aliphatic carbocycles. The average Bonchev–Trinajstić information content (AvgIpc) is 3.02. The lowest BCUT2D eigenvalue weighted by Gasteiger charge is -2.13. The lowest BCUT2D eigenvalue weighted by molar-refractivity contribution is 0.0932. The van der Waals surface area contributed by atoms with E-state index in [9.17, 15) is 4.79 Å². The third kappa shape index (κ3) is 3.99. The Labute approximate surface area is 140 Å². The molecule has 1 aromatic heterocycles. The Balaban J connectivity index is 1.78. The van der Waals surface area contributed by atoms with Crippen LogP contribution in [0.1, 0.15) is 42.0 Å². The number of aromatic nitrogens is 2. The van der Waals surface area contributed by atoms with Gasteiger partial charge in [-0.3, -0.25) is 4.79 Å². The van der Waals surface area contributed by atoms with E-state index >= 15 is 0 Å². The summed E-state index contributed by atoms with van der Waals surface area (Å²) in [6.45, 7) is 1.77. The van der Waals surface area contributed by atoms with Gasteiger partial charge in [0.05, 0.1) is 10.7 Å². The number of hydrogen-bond donors (Lipinski definition) is 2. The molecule has 2 aromatic rings. The molecule has 1 saturated carbocycles. The van der Waals surface area contributed by atoms with Gasteiger partial charge in [0.1, 0.15) is 17.3 Å². The van der Waals surface area contributed by atoms with Crippen molar-refractivity contribution in [1.82, 2.24) is 15.3 Å². The van der Waals surface area contributed by atoms with E-state index in [0.717, 1.165) is 18.5 Å². The van der Waals surface area contributed by atoms with Crippen LogP contribution in [-0.4, -0.2) is 21.9 Å². The number of anilines is 2. The minimum absolute atomic E-state index is 0.149. The van der Waals surface area contributed by atoms with E-state index in [1.54, 1.807) is 19.1 Å². The van der Waals surface area contributed by atoms with Crippen LogP contribution in [0.3, 0.4) is 0 Å². The Hall–Kier alpha value is -2.14. The number of nitrogens with zero attached hydrogens (tertiary/aromatic N) is 2. The summed E-state index contributed by atoms with van der Waals surface area (Å²) in [5.41, 5.74) is 1.12. The fourth-order valence-corrected chi connectivity index (χ4v) is 2.96. The number of carbonyl (C=O) groups excluding carboxylic acids is 1. The largest absolute Gasteiger partial charge is 0.348 e. The number of carbonyl (C=O) groups is 1. The topological polar surface area (TPSA) is 66.9 Å². The first-order valence-electron chi connectivity index (χ1n) is 7.80. The van der Waals surface area contributed by atoms with Gasteiger partial charge in [0, 0.05) is 12.1 Å². The van der Waals surface area contributed by atoms with E-state index in [0.29, 0.717) is 22.4 Å². The Morgan fingerprint density at radius 2 is 1.96 bits per heavy atom. The molecule has 0 radical (unpaired) electrons. The molecule has 1 aliphatic rings. The van der Waals surface area contributed by atoms with Crippen LogP contribution < -0.4 is 10.6 Å². The quantitative estimate of drug-likeness (QED) is 0.893. The Morgan fingerprint density at radius 1 is 1.22 bits per heavy atom. The molecule has 120 valence electrons. The maximum Gasteiger partial charge on any atom is 0.270 e. The number of rotatable bonds is 4. The molecule has 1 amide bonds. The number of halogens is 1. The number of para-hydroxylation sites is 1. The molecular weight excluding hydrogens is 312 g/mol. The van der Waals surface area contributed by atoms with Crippen molar-refractivity contribution in [2.24, 2.45) is 0 Å². The number of hydrogen-bond acceptors (Lipinski definition) is 4. The highest BCUT2D eigenvalue weighted by molar-refractivity contribution is 6.33. The van der Waals surface area contributed by atoms with E-state index in [1.165, 1.54) is 12.8 Å². The molecule has 0 atom stereocenters. The molecule has 1 heterocycles. The van der Waals surface area contributed by atoms with Crippen LogP contribution in [0.4, 0.5) is 11.5 Å². The van der Waals surface area contributed by atoms with Crippen LogP contribution in [0.25, 0.3) is 0 Å². The predicted octanol–water partition coefficient (Wildman–Crippen LogP) is 3.85. The molecule has 0 unspecified atom stereocenters. The van der Waals surface area contributed by atoms with Gasteiger partial charge >= 0.3 is 0 Å². The summed E-state index contributed by atoms with van der Waals surface area (Å²) in [6, 6.07) is 9.32. The van der Waals surface area contributed by atoms with Crippen molar-refractivity contribution in [2.45, 2.75) is 38.6 Å².